The van der Waals surface area contributed by atoms with E-state index in [9.17, 15) is 4.79 Å². The molecule has 1 aliphatic heterocycles. The number of aryl methyl sites for hydroxylation is 1. The minimum atomic E-state index is 0.153. The smallest absolute Gasteiger partial charge is 0.225 e. The number of aromatic nitrogens is 1. The summed E-state index contributed by atoms with van der Waals surface area (Å²) in [7, 11) is 3.30. The SMILES string of the molecule is COc1cc(OC)c2cc(CCCNC(=O)C3CNC3)[nH]c2c1. The van der Waals surface area contributed by atoms with Crippen LogP contribution in [0.5, 0.6) is 11.5 Å². The number of H-pyrrole nitrogens is 1. The summed E-state index contributed by atoms with van der Waals surface area (Å²) in [6.07, 6.45) is 1.78. The van der Waals surface area contributed by atoms with Crippen molar-refractivity contribution >= 4 is 16.8 Å². The Labute approximate surface area is 135 Å². The van der Waals surface area contributed by atoms with Crippen LogP contribution in [0.2, 0.25) is 0 Å². The average Bonchev–Trinajstić information content (AvgIpc) is 2.91. The molecule has 2 heterocycles. The first-order chi connectivity index (χ1) is 11.2. The van der Waals surface area contributed by atoms with Gasteiger partial charge in [0.2, 0.25) is 5.91 Å². The summed E-state index contributed by atoms with van der Waals surface area (Å²) in [6, 6.07) is 5.95. The van der Waals surface area contributed by atoms with E-state index in [4.69, 9.17) is 9.47 Å². The molecule has 2 aromatic rings. The summed E-state index contributed by atoms with van der Waals surface area (Å²) in [5.41, 5.74) is 2.13. The summed E-state index contributed by atoms with van der Waals surface area (Å²) >= 11 is 0. The highest BCUT2D eigenvalue weighted by atomic mass is 16.5. The van der Waals surface area contributed by atoms with E-state index in [1.54, 1.807) is 14.2 Å². The molecule has 124 valence electrons. The van der Waals surface area contributed by atoms with Gasteiger partial charge in [-0.25, -0.2) is 0 Å². The number of ether oxygens (including phenoxy) is 2. The zero-order chi connectivity index (χ0) is 16.2. The lowest BCUT2D eigenvalue weighted by Gasteiger charge is -2.25. The number of hydrogen-bond acceptors (Lipinski definition) is 4. The van der Waals surface area contributed by atoms with E-state index in [1.165, 1.54) is 0 Å². The second kappa shape index (κ2) is 6.91. The van der Waals surface area contributed by atoms with Crippen LogP contribution in [0, 0.1) is 5.92 Å². The zero-order valence-corrected chi connectivity index (χ0v) is 13.6. The summed E-state index contributed by atoms with van der Waals surface area (Å²) < 4.78 is 10.7. The molecule has 0 unspecified atom stereocenters. The molecule has 0 saturated carbocycles. The quantitative estimate of drug-likeness (QED) is 0.676. The van der Waals surface area contributed by atoms with Crippen molar-refractivity contribution in [3.8, 4) is 11.5 Å². The predicted octanol–water partition coefficient (Wildman–Crippen LogP) is 1.45. The maximum absolute atomic E-state index is 11.7. The molecule has 0 spiro atoms. The van der Waals surface area contributed by atoms with Gasteiger partial charge in [-0.05, 0) is 18.9 Å². The van der Waals surface area contributed by atoms with Gasteiger partial charge in [0, 0.05) is 42.8 Å². The van der Waals surface area contributed by atoms with Crippen LogP contribution >= 0.6 is 0 Å². The van der Waals surface area contributed by atoms with Gasteiger partial charge >= 0.3 is 0 Å². The first kappa shape index (κ1) is 15.7. The van der Waals surface area contributed by atoms with E-state index in [2.05, 4.69) is 21.7 Å². The first-order valence-corrected chi connectivity index (χ1v) is 7.93. The number of aromatic amines is 1. The summed E-state index contributed by atoms with van der Waals surface area (Å²) in [4.78, 5) is 15.1. The standard InChI is InChI=1S/C17H23N3O3/c1-22-13-7-15-14(16(8-13)23-2)6-12(20-15)4-3-5-19-17(21)11-9-18-10-11/h6-8,11,18,20H,3-5,9-10H2,1-2H3,(H,19,21). The molecule has 3 N–H and O–H groups in total. The normalized spacial score (nSPS) is 14.5. The van der Waals surface area contributed by atoms with Crippen molar-refractivity contribution in [3.63, 3.8) is 0 Å². The summed E-state index contributed by atoms with van der Waals surface area (Å²) in [6.45, 7) is 2.30. The number of benzene rings is 1. The molecule has 1 saturated heterocycles. The van der Waals surface area contributed by atoms with Gasteiger partial charge in [-0.3, -0.25) is 4.79 Å². The number of carbonyl (C=O) groups excluding carboxylic acids is 1. The van der Waals surface area contributed by atoms with Crippen molar-refractivity contribution < 1.29 is 14.3 Å². The molecule has 0 radical (unpaired) electrons. The van der Waals surface area contributed by atoms with Gasteiger partial charge in [-0.1, -0.05) is 0 Å². The van der Waals surface area contributed by atoms with Gasteiger partial charge in [0.15, 0.2) is 0 Å². The third kappa shape index (κ3) is 3.42. The fourth-order valence-electron chi connectivity index (χ4n) is 2.77. The molecule has 6 nitrogen and oxygen atoms in total. The molecule has 1 amide bonds. The Kier molecular flexibility index (Phi) is 4.71. The van der Waals surface area contributed by atoms with E-state index in [-0.39, 0.29) is 11.8 Å². The van der Waals surface area contributed by atoms with E-state index in [0.29, 0.717) is 6.54 Å². The number of rotatable bonds is 7. The predicted molar refractivity (Wildman–Crippen MR) is 89.1 cm³/mol. The second-order valence-corrected chi connectivity index (χ2v) is 5.84. The Morgan fingerprint density at radius 3 is 2.74 bits per heavy atom. The molecule has 0 aliphatic carbocycles. The molecular formula is C17H23N3O3. The van der Waals surface area contributed by atoms with Crippen LogP contribution in [0.1, 0.15) is 12.1 Å². The van der Waals surface area contributed by atoms with Gasteiger partial charge in [0.05, 0.1) is 25.7 Å². The molecule has 1 aromatic carbocycles. The van der Waals surface area contributed by atoms with E-state index >= 15 is 0 Å². The molecule has 1 fully saturated rings. The maximum Gasteiger partial charge on any atom is 0.225 e. The third-order valence-electron chi connectivity index (χ3n) is 4.26. The third-order valence-corrected chi connectivity index (χ3v) is 4.26. The Bertz CT molecular complexity index is 692. The molecule has 6 heteroatoms. The molecular weight excluding hydrogens is 294 g/mol. The number of amides is 1. The van der Waals surface area contributed by atoms with E-state index in [0.717, 1.165) is 54.0 Å². The largest absolute Gasteiger partial charge is 0.497 e. The second-order valence-electron chi connectivity index (χ2n) is 5.84. The van der Waals surface area contributed by atoms with Crippen LogP contribution in [0.3, 0.4) is 0 Å². The maximum atomic E-state index is 11.7. The van der Waals surface area contributed by atoms with Crippen LogP contribution in [-0.4, -0.2) is 44.7 Å². The van der Waals surface area contributed by atoms with Crippen molar-refractivity contribution in [2.75, 3.05) is 33.9 Å². The van der Waals surface area contributed by atoms with Crippen molar-refractivity contribution in [1.82, 2.24) is 15.6 Å². The van der Waals surface area contributed by atoms with Crippen LogP contribution < -0.4 is 20.1 Å². The van der Waals surface area contributed by atoms with Crippen molar-refractivity contribution in [1.29, 1.82) is 0 Å². The number of nitrogens with one attached hydrogen (secondary N) is 3. The monoisotopic (exact) mass is 317 g/mol. The number of fused-ring (bicyclic) bond motifs is 1. The van der Waals surface area contributed by atoms with Gasteiger partial charge in [0.1, 0.15) is 11.5 Å². The number of hydrogen-bond donors (Lipinski definition) is 3. The summed E-state index contributed by atoms with van der Waals surface area (Å²) in [5.74, 6) is 1.88. The molecule has 0 bridgehead atoms. The fourth-order valence-corrected chi connectivity index (χ4v) is 2.77. The van der Waals surface area contributed by atoms with Crippen molar-refractivity contribution in [3.05, 3.63) is 23.9 Å². The summed E-state index contributed by atoms with van der Waals surface area (Å²) in [5, 5.41) is 7.15. The number of methoxy groups -OCH3 is 2. The Balaban J connectivity index is 1.58. The fraction of sp³-hybridized carbons (Fsp3) is 0.471. The Morgan fingerprint density at radius 1 is 1.26 bits per heavy atom. The van der Waals surface area contributed by atoms with Gasteiger partial charge in [-0.15, -0.1) is 0 Å². The molecule has 3 rings (SSSR count). The highest BCUT2D eigenvalue weighted by Gasteiger charge is 2.24. The van der Waals surface area contributed by atoms with E-state index in [1.807, 2.05) is 12.1 Å². The lowest BCUT2D eigenvalue weighted by molar-refractivity contribution is -0.126. The number of carbonyl (C=O) groups is 1. The Morgan fingerprint density at radius 2 is 2.09 bits per heavy atom. The Hall–Kier alpha value is -2.21. The van der Waals surface area contributed by atoms with Crippen LogP contribution in [0.25, 0.3) is 10.9 Å². The van der Waals surface area contributed by atoms with Crippen LogP contribution in [0.4, 0.5) is 0 Å². The van der Waals surface area contributed by atoms with Gasteiger partial charge in [0.25, 0.3) is 0 Å². The van der Waals surface area contributed by atoms with Crippen molar-refractivity contribution in [2.24, 2.45) is 5.92 Å². The minimum absolute atomic E-state index is 0.153. The van der Waals surface area contributed by atoms with Gasteiger partial charge in [-0.2, -0.15) is 0 Å². The highest BCUT2D eigenvalue weighted by molar-refractivity contribution is 5.88. The molecule has 1 aliphatic rings. The minimum Gasteiger partial charge on any atom is -0.497 e. The lowest BCUT2D eigenvalue weighted by Crippen LogP contribution is -2.50. The topological polar surface area (TPSA) is 75.4 Å². The van der Waals surface area contributed by atoms with Gasteiger partial charge < -0.3 is 25.1 Å². The van der Waals surface area contributed by atoms with Crippen LogP contribution in [-0.2, 0) is 11.2 Å². The van der Waals surface area contributed by atoms with Crippen LogP contribution in [0.15, 0.2) is 18.2 Å². The highest BCUT2D eigenvalue weighted by Crippen LogP contribution is 2.31. The molecule has 1 aromatic heterocycles. The molecule has 23 heavy (non-hydrogen) atoms. The lowest BCUT2D eigenvalue weighted by atomic mass is 10.0. The molecule has 0 atom stereocenters. The average molecular weight is 317 g/mol. The zero-order valence-electron chi connectivity index (χ0n) is 13.6. The van der Waals surface area contributed by atoms with E-state index < -0.39 is 0 Å². The van der Waals surface area contributed by atoms with Crippen molar-refractivity contribution in [2.45, 2.75) is 12.8 Å². The first-order valence-electron chi connectivity index (χ1n) is 7.93.